The summed E-state index contributed by atoms with van der Waals surface area (Å²) in [6.07, 6.45) is 0. The summed E-state index contributed by atoms with van der Waals surface area (Å²) in [6.45, 7) is 15.9. The molecule has 150 valence electrons. The van der Waals surface area contributed by atoms with Crippen LogP contribution in [-0.4, -0.2) is 76.5 Å². The third kappa shape index (κ3) is 21.2. The van der Waals surface area contributed by atoms with Crippen LogP contribution in [-0.2, 0) is 28.5 Å². The molecule has 7 nitrogen and oxygen atoms in total. The van der Waals surface area contributed by atoms with Gasteiger partial charge in [0.1, 0.15) is 6.61 Å². The summed E-state index contributed by atoms with van der Waals surface area (Å²) in [5.74, 6) is -0.122. The van der Waals surface area contributed by atoms with E-state index >= 15 is 0 Å². The Balaban J connectivity index is 3.21. The third-order valence-corrected chi connectivity index (χ3v) is 2.63. The molecule has 1 N–H and O–H groups in total. The highest BCUT2D eigenvalue weighted by molar-refractivity contribution is 5.77. The van der Waals surface area contributed by atoms with Gasteiger partial charge >= 0.3 is 0 Å². The van der Waals surface area contributed by atoms with E-state index in [1.54, 1.807) is 0 Å². The van der Waals surface area contributed by atoms with E-state index in [4.69, 9.17) is 23.7 Å². The van der Waals surface area contributed by atoms with Gasteiger partial charge in [-0.05, 0) is 41.5 Å². The Bertz CT molecular complexity index is 335. The van der Waals surface area contributed by atoms with Crippen LogP contribution in [0.4, 0.5) is 0 Å². The Morgan fingerprint density at radius 2 is 1.08 bits per heavy atom. The zero-order chi connectivity index (χ0) is 19.2. The van der Waals surface area contributed by atoms with E-state index in [2.05, 4.69) is 5.32 Å². The van der Waals surface area contributed by atoms with Crippen LogP contribution < -0.4 is 5.32 Å². The second-order valence-corrected chi connectivity index (χ2v) is 7.65. The number of carbonyl (C=O) groups excluding carboxylic acids is 1. The lowest BCUT2D eigenvalue weighted by Gasteiger charge is -2.20. The molecule has 0 radical (unpaired) electrons. The van der Waals surface area contributed by atoms with Gasteiger partial charge < -0.3 is 29.0 Å². The molecule has 0 aliphatic carbocycles. The van der Waals surface area contributed by atoms with Crippen molar-refractivity contribution in [2.24, 2.45) is 0 Å². The predicted octanol–water partition coefficient (Wildman–Crippen LogP) is 1.78. The summed E-state index contributed by atoms with van der Waals surface area (Å²) < 4.78 is 26.9. The summed E-state index contributed by atoms with van der Waals surface area (Å²) in [5.41, 5.74) is -0.366. The van der Waals surface area contributed by atoms with Crippen molar-refractivity contribution >= 4 is 5.91 Å². The minimum atomic E-state index is -0.238. The molecular formula is C18H37NO6. The quantitative estimate of drug-likeness (QED) is 0.474. The Morgan fingerprint density at radius 1 is 0.680 bits per heavy atom. The first-order valence-electron chi connectivity index (χ1n) is 8.86. The standard InChI is InChI=1S/C18H37NO6/c1-17(2,3)19-16(20)15-24-12-11-22-8-7-21-9-10-23-13-14-25-18(4,5)6/h7-15H2,1-6H3,(H,19,20). The van der Waals surface area contributed by atoms with Gasteiger partial charge in [-0.15, -0.1) is 0 Å². The topological polar surface area (TPSA) is 75.3 Å². The molecule has 25 heavy (non-hydrogen) atoms. The average Bonchev–Trinajstić information content (AvgIpc) is 2.44. The molecule has 0 fully saturated rings. The van der Waals surface area contributed by atoms with Gasteiger partial charge in [-0.3, -0.25) is 4.79 Å². The molecule has 0 spiro atoms. The molecular weight excluding hydrogens is 326 g/mol. The summed E-state index contributed by atoms with van der Waals surface area (Å²) in [5, 5.41) is 2.83. The van der Waals surface area contributed by atoms with Crippen LogP contribution in [0.15, 0.2) is 0 Å². The van der Waals surface area contributed by atoms with Crippen molar-refractivity contribution in [1.29, 1.82) is 0 Å². The number of nitrogens with one attached hydrogen (secondary N) is 1. The fourth-order valence-corrected chi connectivity index (χ4v) is 1.69. The predicted molar refractivity (Wildman–Crippen MR) is 96.9 cm³/mol. The molecule has 0 saturated heterocycles. The maximum atomic E-state index is 11.5. The van der Waals surface area contributed by atoms with Crippen LogP contribution in [0.1, 0.15) is 41.5 Å². The number of rotatable bonds is 14. The molecule has 7 heteroatoms. The van der Waals surface area contributed by atoms with Gasteiger partial charge in [0, 0.05) is 5.54 Å². The fourth-order valence-electron chi connectivity index (χ4n) is 1.69. The minimum absolute atomic E-state index is 0.0490. The molecule has 0 rings (SSSR count). The van der Waals surface area contributed by atoms with Crippen molar-refractivity contribution in [3.63, 3.8) is 0 Å². The molecule has 1 amide bonds. The first-order valence-corrected chi connectivity index (χ1v) is 8.86. The molecule has 0 heterocycles. The second-order valence-electron chi connectivity index (χ2n) is 7.65. The highest BCUT2D eigenvalue weighted by Crippen LogP contribution is 2.05. The zero-order valence-electron chi connectivity index (χ0n) is 16.8. The summed E-state index contributed by atoms with van der Waals surface area (Å²) in [7, 11) is 0. The van der Waals surface area contributed by atoms with Gasteiger partial charge in [-0.25, -0.2) is 0 Å². The molecule has 0 aliphatic heterocycles. The van der Waals surface area contributed by atoms with Crippen LogP contribution in [0.25, 0.3) is 0 Å². The minimum Gasteiger partial charge on any atom is -0.377 e. The first kappa shape index (κ1) is 24.3. The summed E-state index contributed by atoms with van der Waals surface area (Å²) >= 11 is 0. The maximum Gasteiger partial charge on any atom is 0.246 e. The van der Waals surface area contributed by atoms with Crippen LogP contribution >= 0.6 is 0 Å². The molecule has 0 atom stereocenters. The van der Waals surface area contributed by atoms with E-state index in [-0.39, 0.29) is 23.7 Å². The maximum absolute atomic E-state index is 11.5. The smallest absolute Gasteiger partial charge is 0.246 e. The number of carbonyl (C=O) groups is 1. The lowest BCUT2D eigenvalue weighted by molar-refractivity contribution is -0.127. The van der Waals surface area contributed by atoms with E-state index in [1.807, 2.05) is 41.5 Å². The van der Waals surface area contributed by atoms with E-state index < -0.39 is 0 Å². The number of ether oxygens (including phenoxy) is 5. The number of hydrogen-bond acceptors (Lipinski definition) is 6. The molecule has 0 unspecified atom stereocenters. The van der Waals surface area contributed by atoms with Crippen molar-refractivity contribution in [2.45, 2.75) is 52.7 Å². The lowest BCUT2D eigenvalue weighted by atomic mass is 10.1. The molecule has 0 aliphatic rings. The average molecular weight is 363 g/mol. The van der Waals surface area contributed by atoms with Crippen LogP contribution in [0.3, 0.4) is 0 Å². The Morgan fingerprint density at radius 3 is 1.48 bits per heavy atom. The Kier molecular flexibility index (Phi) is 13.1. The molecule has 0 aromatic rings. The van der Waals surface area contributed by atoms with Crippen molar-refractivity contribution < 1.29 is 28.5 Å². The van der Waals surface area contributed by atoms with E-state index in [0.717, 1.165) is 0 Å². The van der Waals surface area contributed by atoms with Crippen LogP contribution in [0.5, 0.6) is 0 Å². The van der Waals surface area contributed by atoms with E-state index in [1.165, 1.54) is 0 Å². The summed E-state index contributed by atoms with van der Waals surface area (Å²) in [4.78, 5) is 11.5. The van der Waals surface area contributed by atoms with Gasteiger partial charge in [0.25, 0.3) is 0 Å². The molecule has 0 saturated carbocycles. The van der Waals surface area contributed by atoms with E-state index in [0.29, 0.717) is 52.9 Å². The van der Waals surface area contributed by atoms with Crippen molar-refractivity contribution in [3.8, 4) is 0 Å². The van der Waals surface area contributed by atoms with Crippen molar-refractivity contribution in [1.82, 2.24) is 5.32 Å². The molecule has 0 aromatic carbocycles. The fraction of sp³-hybridized carbons (Fsp3) is 0.944. The van der Waals surface area contributed by atoms with Crippen LogP contribution in [0.2, 0.25) is 0 Å². The number of amides is 1. The van der Waals surface area contributed by atoms with Crippen molar-refractivity contribution in [2.75, 3.05) is 59.5 Å². The van der Waals surface area contributed by atoms with Gasteiger partial charge in [0.15, 0.2) is 0 Å². The zero-order valence-corrected chi connectivity index (χ0v) is 16.8. The SMILES string of the molecule is CC(C)(C)NC(=O)COCCOCCOCCOCCOC(C)(C)C. The third-order valence-electron chi connectivity index (χ3n) is 2.63. The van der Waals surface area contributed by atoms with Crippen LogP contribution in [0, 0.1) is 0 Å². The Labute approximate surface area is 152 Å². The van der Waals surface area contributed by atoms with Gasteiger partial charge in [-0.2, -0.15) is 0 Å². The summed E-state index contributed by atoms with van der Waals surface area (Å²) in [6, 6.07) is 0. The normalized spacial score (nSPS) is 12.4. The highest BCUT2D eigenvalue weighted by atomic mass is 16.6. The van der Waals surface area contributed by atoms with Gasteiger partial charge in [0.05, 0.1) is 58.5 Å². The van der Waals surface area contributed by atoms with Crippen molar-refractivity contribution in [3.05, 3.63) is 0 Å². The molecule has 0 aromatic heterocycles. The lowest BCUT2D eigenvalue weighted by Crippen LogP contribution is -2.42. The number of hydrogen-bond donors (Lipinski definition) is 1. The van der Waals surface area contributed by atoms with Gasteiger partial charge in [-0.1, -0.05) is 0 Å². The largest absolute Gasteiger partial charge is 0.377 e. The Hall–Kier alpha value is -0.730. The molecule has 0 bridgehead atoms. The van der Waals surface area contributed by atoms with Gasteiger partial charge in [0.2, 0.25) is 5.91 Å². The second kappa shape index (κ2) is 13.5. The van der Waals surface area contributed by atoms with E-state index in [9.17, 15) is 4.79 Å². The highest BCUT2D eigenvalue weighted by Gasteiger charge is 2.13. The first-order chi connectivity index (χ1) is 11.6. The monoisotopic (exact) mass is 363 g/mol.